The lowest BCUT2D eigenvalue weighted by Crippen LogP contribution is -2.20. The fraction of sp³-hybridized carbons (Fsp3) is 0.200. The number of benzene rings is 2. The third-order valence-corrected chi connectivity index (χ3v) is 4.73. The molecule has 1 aliphatic rings. The zero-order valence-electron chi connectivity index (χ0n) is 14.1. The lowest BCUT2D eigenvalue weighted by atomic mass is 9.97. The second-order valence-corrected chi connectivity index (χ2v) is 6.33. The van der Waals surface area contributed by atoms with Crippen molar-refractivity contribution < 1.29 is 0 Å². The zero-order chi connectivity index (χ0) is 16.7. The second-order valence-electron chi connectivity index (χ2n) is 6.33. The van der Waals surface area contributed by atoms with Crippen molar-refractivity contribution in [3.8, 4) is 0 Å². The highest BCUT2D eigenvalue weighted by atomic mass is 15.4. The van der Waals surface area contributed by atoms with Crippen LogP contribution in [0.2, 0.25) is 0 Å². The van der Waals surface area contributed by atoms with Crippen molar-refractivity contribution in [1.29, 1.82) is 0 Å². The molecule has 1 aliphatic heterocycles. The molecule has 0 amide bonds. The predicted molar refractivity (Wildman–Crippen MR) is 96.9 cm³/mol. The average molecular weight is 316 g/mol. The molecule has 120 valence electrons. The van der Waals surface area contributed by atoms with Crippen LogP contribution in [0, 0.1) is 20.8 Å². The molecule has 3 aromatic rings. The van der Waals surface area contributed by atoms with Gasteiger partial charge < -0.3 is 5.32 Å². The zero-order valence-corrected chi connectivity index (χ0v) is 14.1. The topological polar surface area (TPSA) is 42.7 Å². The molecule has 0 radical (unpaired) electrons. The molecule has 0 bridgehead atoms. The first-order valence-corrected chi connectivity index (χ1v) is 8.15. The fourth-order valence-electron chi connectivity index (χ4n) is 3.15. The van der Waals surface area contributed by atoms with Gasteiger partial charge in [-0.1, -0.05) is 36.4 Å². The molecule has 2 aromatic carbocycles. The normalized spacial score (nSPS) is 16.3. The summed E-state index contributed by atoms with van der Waals surface area (Å²) in [4.78, 5) is 4.38. The molecule has 0 unspecified atom stereocenters. The summed E-state index contributed by atoms with van der Waals surface area (Å²) in [6.45, 7) is 6.41. The van der Waals surface area contributed by atoms with Gasteiger partial charge in [0.2, 0.25) is 5.95 Å². The summed E-state index contributed by atoms with van der Waals surface area (Å²) in [7, 11) is 0. The van der Waals surface area contributed by atoms with E-state index in [-0.39, 0.29) is 6.04 Å². The van der Waals surface area contributed by atoms with Crippen LogP contribution in [-0.4, -0.2) is 14.8 Å². The van der Waals surface area contributed by atoms with E-state index in [2.05, 4.69) is 84.7 Å². The van der Waals surface area contributed by atoms with Crippen molar-refractivity contribution in [3.63, 3.8) is 0 Å². The van der Waals surface area contributed by atoms with Gasteiger partial charge in [-0.3, -0.25) is 0 Å². The quantitative estimate of drug-likeness (QED) is 0.768. The molecule has 4 heteroatoms. The summed E-state index contributed by atoms with van der Waals surface area (Å²) in [6, 6.07) is 15.0. The van der Waals surface area contributed by atoms with Gasteiger partial charge in [0.15, 0.2) is 0 Å². The van der Waals surface area contributed by atoms with Gasteiger partial charge in [0.1, 0.15) is 12.4 Å². The van der Waals surface area contributed by atoms with Crippen LogP contribution < -0.4 is 5.32 Å². The van der Waals surface area contributed by atoms with Gasteiger partial charge in [-0.25, -0.2) is 4.68 Å². The summed E-state index contributed by atoms with van der Waals surface area (Å²) in [5.41, 5.74) is 7.33. The maximum atomic E-state index is 4.41. The van der Waals surface area contributed by atoms with E-state index in [0.29, 0.717) is 0 Å². The number of nitrogens with zero attached hydrogens (tertiary/aromatic N) is 3. The van der Waals surface area contributed by atoms with E-state index in [1.54, 1.807) is 6.33 Å². The van der Waals surface area contributed by atoms with Gasteiger partial charge in [-0.05, 0) is 60.7 Å². The van der Waals surface area contributed by atoms with Gasteiger partial charge in [0.25, 0.3) is 0 Å². The number of fused-ring (bicyclic) bond motifs is 1. The first-order chi connectivity index (χ1) is 11.6. The van der Waals surface area contributed by atoms with Gasteiger partial charge in [0, 0.05) is 5.70 Å². The minimum Gasteiger partial charge on any atom is -0.324 e. The molecule has 4 rings (SSSR count). The molecule has 0 saturated heterocycles. The largest absolute Gasteiger partial charge is 0.324 e. The molecule has 0 fully saturated rings. The lowest BCUT2D eigenvalue weighted by Gasteiger charge is -2.25. The maximum absolute atomic E-state index is 4.41. The summed E-state index contributed by atoms with van der Waals surface area (Å²) in [5, 5.41) is 7.82. The van der Waals surface area contributed by atoms with Crippen molar-refractivity contribution in [2.45, 2.75) is 26.8 Å². The lowest BCUT2D eigenvalue weighted by molar-refractivity contribution is 0.609. The average Bonchev–Trinajstić information content (AvgIpc) is 3.05. The van der Waals surface area contributed by atoms with E-state index >= 15 is 0 Å². The number of nitrogens with one attached hydrogen (secondary N) is 1. The Morgan fingerprint density at radius 2 is 1.79 bits per heavy atom. The molecular weight excluding hydrogens is 296 g/mol. The third-order valence-electron chi connectivity index (χ3n) is 4.73. The van der Waals surface area contributed by atoms with Crippen LogP contribution >= 0.6 is 0 Å². The monoisotopic (exact) mass is 316 g/mol. The van der Waals surface area contributed by atoms with Crippen LogP contribution in [0.1, 0.15) is 33.9 Å². The molecule has 1 atom stereocenters. The highest BCUT2D eigenvalue weighted by Gasteiger charge is 2.24. The Morgan fingerprint density at radius 3 is 2.58 bits per heavy atom. The van der Waals surface area contributed by atoms with E-state index in [1.807, 2.05) is 4.68 Å². The molecule has 1 N–H and O–H groups in total. The Kier molecular flexibility index (Phi) is 3.45. The van der Waals surface area contributed by atoms with Crippen molar-refractivity contribution in [2.75, 3.05) is 5.32 Å². The summed E-state index contributed by atoms with van der Waals surface area (Å²) in [6.07, 6.45) is 3.83. The van der Waals surface area contributed by atoms with E-state index < -0.39 is 0 Å². The first-order valence-electron chi connectivity index (χ1n) is 8.15. The Balaban J connectivity index is 1.84. The van der Waals surface area contributed by atoms with Crippen LogP contribution in [-0.2, 0) is 0 Å². The Bertz CT molecular complexity index is 936. The number of anilines is 1. The highest BCUT2D eigenvalue weighted by molar-refractivity contribution is 5.77. The first kappa shape index (κ1) is 14.7. The molecular formula is C20H20N4. The van der Waals surface area contributed by atoms with E-state index in [4.69, 9.17) is 0 Å². The van der Waals surface area contributed by atoms with Crippen LogP contribution in [0.5, 0.6) is 0 Å². The molecule has 2 heterocycles. The Morgan fingerprint density at radius 1 is 0.958 bits per heavy atom. The number of aromatic nitrogens is 3. The van der Waals surface area contributed by atoms with Gasteiger partial charge in [-0.2, -0.15) is 10.1 Å². The number of hydrogen-bond acceptors (Lipinski definition) is 3. The number of allylic oxidation sites excluding steroid dienone is 1. The number of aryl methyl sites for hydroxylation is 3. The Labute approximate surface area is 141 Å². The summed E-state index contributed by atoms with van der Waals surface area (Å²) < 4.78 is 1.94. The molecule has 1 aromatic heterocycles. The SMILES string of the molecule is Cc1ccc(C2=C[C@H](c3ccccc3C)n3ncnc3N2)cc1C. The fourth-order valence-corrected chi connectivity index (χ4v) is 3.15. The molecule has 0 saturated carbocycles. The van der Waals surface area contributed by atoms with Crippen LogP contribution in [0.25, 0.3) is 5.70 Å². The molecule has 0 spiro atoms. The third kappa shape index (κ3) is 2.40. The molecule has 0 aliphatic carbocycles. The van der Waals surface area contributed by atoms with Crippen molar-refractivity contribution in [1.82, 2.24) is 14.8 Å². The maximum Gasteiger partial charge on any atom is 0.226 e. The van der Waals surface area contributed by atoms with Crippen LogP contribution in [0.15, 0.2) is 54.9 Å². The molecule has 24 heavy (non-hydrogen) atoms. The highest BCUT2D eigenvalue weighted by Crippen LogP contribution is 2.33. The van der Waals surface area contributed by atoms with Crippen LogP contribution in [0.3, 0.4) is 0 Å². The Hall–Kier alpha value is -2.88. The standard InChI is InChI=1S/C20H20N4/c1-13-8-9-16(10-15(13)3)18-11-19(17-7-5-4-6-14(17)2)24-20(23-18)21-12-22-24/h4-12,19H,1-3H3,(H,21,22,23)/t19-/m1/s1. The van der Waals surface area contributed by atoms with Gasteiger partial charge in [-0.15, -0.1) is 0 Å². The van der Waals surface area contributed by atoms with E-state index in [9.17, 15) is 0 Å². The van der Waals surface area contributed by atoms with E-state index in [0.717, 1.165) is 11.6 Å². The van der Waals surface area contributed by atoms with Gasteiger partial charge >= 0.3 is 0 Å². The number of hydrogen-bond donors (Lipinski definition) is 1. The minimum atomic E-state index is 0.0431. The minimum absolute atomic E-state index is 0.0431. The van der Waals surface area contributed by atoms with E-state index in [1.165, 1.54) is 27.8 Å². The number of rotatable bonds is 2. The predicted octanol–water partition coefficient (Wildman–Crippen LogP) is 4.26. The second kappa shape index (κ2) is 5.64. The summed E-state index contributed by atoms with van der Waals surface area (Å²) in [5.74, 6) is 0.777. The van der Waals surface area contributed by atoms with Gasteiger partial charge in [0.05, 0.1) is 0 Å². The smallest absolute Gasteiger partial charge is 0.226 e. The van der Waals surface area contributed by atoms with Crippen LogP contribution in [0.4, 0.5) is 5.95 Å². The molecule has 4 nitrogen and oxygen atoms in total. The van der Waals surface area contributed by atoms with Crippen molar-refractivity contribution in [3.05, 3.63) is 82.7 Å². The van der Waals surface area contributed by atoms with Crippen molar-refractivity contribution in [2.24, 2.45) is 0 Å². The summed E-state index contributed by atoms with van der Waals surface area (Å²) >= 11 is 0. The van der Waals surface area contributed by atoms with Crippen molar-refractivity contribution >= 4 is 11.6 Å².